The molecule has 1 amide bonds. The first-order valence-electron chi connectivity index (χ1n) is 7.10. The van der Waals surface area contributed by atoms with E-state index in [1.165, 1.54) is 11.3 Å². The van der Waals surface area contributed by atoms with Gasteiger partial charge in [0.15, 0.2) is 6.10 Å². The van der Waals surface area contributed by atoms with Gasteiger partial charge in [-0.2, -0.15) is 0 Å². The van der Waals surface area contributed by atoms with E-state index in [-0.39, 0.29) is 5.91 Å². The standard InChI is InChI=1S/C15H16ClN3O2S/c1-8-7-11(16)5-6-12(8)21-9(2)13(20)17-15-19-18-14(22-15)10-3-4-10/h5-7,9-10H,3-4H2,1-2H3,(H,17,19,20)/t9-/m1/s1. The van der Waals surface area contributed by atoms with Gasteiger partial charge >= 0.3 is 0 Å². The summed E-state index contributed by atoms with van der Waals surface area (Å²) in [4.78, 5) is 12.2. The number of amides is 1. The number of ether oxygens (including phenoxy) is 1. The van der Waals surface area contributed by atoms with Gasteiger partial charge in [-0.15, -0.1) is 10.2 Å². The van der Waals surface area contributed by atoms with Crippen LogP contribution in [0.15, 0.2) is 18.2 Å². The number of rotatable bonds is 5. The van der Waals surface area contributed by atoms with Crippen LogP contribution < -0.4 is 10.1 Å². The second-order valence-electron chi connectivity index (χ2n) is 5.38. The van der Waals surface area contributed by atoms with E-state index in [1.54, 1.807) is 25.1 Å². The molecule has 1 atom stereocenters. The van der Waals surface area contributed by atoms with Gasteiger partial charge in [-0.25, -0.2) is 0 Å². The molecule has 0 unspecified atom stereocenters. The number of aromatic nitrogens is 2. The van der Waals surface area contributed by atoms with Crippen molar-refractivity contribution in [3.63, 3.8) is 0 Å². The van der Waals surface area contributed by atoms with Crippen molar-refractivity contribution < 1.29 is 9.53 Å². The Morgan fingerprint density at radius 2 is 2.23 bits per heavy atom. The maximum atomic E-state index is 12.2. The van der Waals surface area contributed by atoms with Crippen molar-refractivity contribution in [2.24, 2.45) is 0 Å². The SMILES string of the molecule is Cc1cc(Cl)ccc1O[C@H](C)C(=O)Nc1nnc(C2CC2)s1. The summed E-state index contributed by atoms with van der Waals surface area (Å²) >= 11 is 7.34. The Morgan fingerprint density at radius 1 is 1.45 bits per heavy atom. The van der Waals surface area contributed by atoms with E-state index in [0.29, 0.717) is 21.8 Å². The Bertz CT molecular complexity index is 700. The van der Waals surface area contributed by atoms with Crippen LogP contribution in [-0.4, -0.2) is 22.2 Å². The second kappa shape index (κ2) is 6.22. The van der Waals surface area contributed by atoms with Crippen molar-refractivity contribution in [3.8, 4) is 5.75 Å². The normalized spacial score (nSPS) is 15.4. The van der Waals surface area contributed by atoms with Crippen LogP contribution in [0.25, 0.3) is 0 Å². The number of hydrogen-bond acceptors (Lipinski definition) is 5. The van der Waals surface area contributed by atoms with E-state index in [0.717, 1.165) is 23.4 Å². The molecule has 0 spiro atoms. The third-order valence-corrected chi connectivity index (χ3v) is 4.64. The number of carbonyl (C=O) groups is 1. The first-order chi connectivity index (χ1) is 10.5. The quantitative estimate of drug-likeness (QED) is 0.901. The van der Waals surface area contributed by atoms with Gasteiger partial charge in [-0.05, 0) is 50.5 Å². The van der Waals surface area contributed by atoms with Gasteiger partial charge in [-0.1, -0.05) is 22.9 Å². The Labute approximate surface area is 137 Å². The lowest BCUT2D eigenvalue weighted by molar-refractivity contribution is -0.122. The molecule has 2 aromatic rings. The van der Waals surface area contributed by atoms with Crippen molar-refractivity contribution >= 4 is 34.0 Å². The Balaban J connectivity index is 1.60. The molecule has 1 aromatic heterocycles. The lowest BCUT2D eigenvalue weighted by Crippen LogP contribution is -2.30. The fraction of sp³-hybridized carbons (Fsp3) is 0.400. The summed E-state index contributed by atoms with van der Waals surface area (Å²) in [5, 5.41) is 13.0. The average molecular weight is 338 g/mol. The van der Waals surface area contributed by atoms with Gasteiger partial charge in [-0.3, -0.25) is 10.1 Å². The Hall–Kier alpha value is -1.66. The maximum Gasteiger partial charge on any atom is 0.266 e. The zero-order chi connectivity index (χ0) is 15.7. The van der Waals surface area contributed by atoms with Crippen LogP contribution in [0.5, 0.6) is 5.75 Å². The molecule has 1 fully saturated rings. The largest absolute Gasteiger partial charge is 0.481 e. The van der Waals surface area contributed by atoms with E-state index < -0.39 is 6.10 Å². The zero-order valence-corrected chi connectivity index (χ0v) is 13.9. The maximum absolute atomic E-state index is 12.2. The first kappa shape index (κ1) is 15.2. The summed E-state index contributed by atoms with van der Waals surface area (Å²) in [5.74, 6) is 0.935. The number of carbonyl (C=O) groups excluding carboxylic acids is 1. The highest BCUT2D eigenvalue weighted by Crippen LogP contribution is 2.42. The summed E-state index contributed by atoms with van der Waals surface area (Å²) in [6.45, 7) is 3.59. The minimum absolute atomic E-state index is 0.243. The molecule has 7 heteroatoms. The average Bonchev–Trinajstić information content (AvgIpc) is 3.22. The molecule has 116 valence electrons. The lowest BCUT2D eigenvalue weighted by Gasteiger charge is -2.15. The number of nitrogens with zero attached hydrogens (tertiary/aromatic N) is 2. The van der Waals surface area contributed by atoms with Crippen LogP contribution >= 0.6 is 22.9 Å². The number of anilines is 1. The number of benzene rings is 1. The lowest BCUT2D eigenvalue weighted by atomic mass is 10.2. The number of aryl methyl sites for hydroxylation is 1. The van der Waals surface area contributed by atoms with Crippen molar-refractivity contribution in [2.75, 3.05) is 5.32 Å². The molecule has 5 nitrogen and oxygen atoms in total. The second-order valence-corrected chi connectivity index (χ2v) is 6.82. The molecule has 22 heavy (non-hydrogen) atoms. The predicted molar refractivity (Wildman–Crippen MR) is 86.8 cm³/mol. The molecule has 1 heterocycles. The number of nitrogens with one attached hydrogen (secondary N) is 1. The predicted octanol–water partition coefficient (Wildman–Crippen LogP) is 3.78. The molecule has 0 saturated heterocycles. The van der Waals surface area contributed by atoms with Crippen molar-refractivity contribution in [2.45, 2.75) is 38.7 Å². The fourth-order valence-corrected chi connectivity index (χ4v) is 3.12. The molecule has 1 N–H and O–H groups in total. The minimum Gasteiger partial charge on any atom is -0.481 e. The van der Waals surface area contributed by atoms with Gasteiger partial charge in [0, 0.05) is 10.9 Å². The summed E-state index contributed by atoms with van der Waals surface area (Å²) in [5.41, 5.74) is 0.888. The van der Waals surface area contributed by atoms with Gasteiger partial charge in [0.25, 0.3) is 5.91 Å². The molecule has 1 aliphatic rings. The Kier molecular flexibility index (Phi) is 4.31. The highest BCUT2D eigenvalue weighted by atomic mass is 35.5. The van der Waals surface area contributed by atoms with Crippen LogP contribution in [-0.2, 0) is 4.79 Å². The van der Waals surface area contributed by atoms with Crippen LogP contribution in [0.3, 0.4) is 0 Å². The molecule has 0 bridgehead atoms. The van der Waals surface area contributed by atoms with Crippen molar-refractivity contribution in [3.05, 3.63) is 33.8 Å². The third-order valence-electron chi connectivity index (χ3n) is 3.41. The zero-order valence-electron chi connectivity index (χ0n) is 12.3. The van der Waals surface area contributed by atoms with Gasteiger partial charge in [0.05, 0.1) is 0 Å². The summed E-state index contributed by atoms with van der Waals surface area (Å²) in [6.07, 6.45) is 1.70. The fourth-order valence-electron chi connectivity index (χ4n) is 1.98. The van der Waals surface area contributed by atoms with E-state index in [2.05, 4.69) is 15.5 Å². The highest BCUT2D eigenvalue weighted by molar-refractivity contribution is 7.15. The molecular formula is C15H16ClN3O2S. The minimum atomic E-state index is -0.631. The van der Waals surface area contributed by atoms with Crippen LogP contribution in [0.4, 0.5) is 5.13 Å². The van der Waals surface area contributed by atoms with E-state index in [4.69, 9.17) is 16.3 Å². The van der Waals surface area contributed by atoms with Gasteiger partial charge in [0.2, 0.25) is 5.13 Å². The van der Waals surface area contributed by atoms with Crippen molar-refractivity contribution in [1.82, 2.24) is 10.2 Å². The van der Waals surface area contributed by atoms with Gasteiger partial charge in [0.1, 0.15) is 10.8 Å². The molecule has 3 rings (SSSR count). The highest BCUT2D eigenvalue weighted by Gasteiger charge is 2.28. The molecule has 0 radical (unpaired) electrons. The molecule has 1 aromatic carbocycles. The number of halogens is 1. The smallest absolute Gasteiger partial charge is 0.266 e. The molecule has 1 saturated carbocycles. The summed E-state index contributed by atoms with van der Waals surface area (Å²) < 4.78 is 5.69. The summed E-state index contributed by atoms with van der Waals surface area (Å²) in [7, 11) is 0. The van der Waals surface area contributed by atoms with E-state index >= 15 is 0 Å². The van der Waals surface area contributed by atoms with E-state index in [9.17, 15) is 4.79 Å². The van der Waals surface area contributed by atoms with Gasteiger partial charge < -0.3 is 4.74 Å². The summed E-state index contributed by atoms with van der Waals surface area (Å²) in [6, 6.07) is 5.30. The number of hydrogen-bond donors (Lipinski definition) is 1. The van der Waals surface area contributed by atoms with E-state index in [1.807, 2.05) is 6.92 Å². The molecule has 1 aliphatic carbocycles. The monoisotopic (exact) mass is 337 g/mol. The first-order valence-corrected chi connectivity index (χ1v) is 8.29. The third kappa shape index (κ3) is 3.56. The topological polar surface area (TPSA) is 64.1 Å². The molecular weight excluding hydrogens is 322 g/mol. The van der Waals surface area contributed by atoms with Crippen LogP contribution in [0.2, 0.25) is 5.02 Å². The van der Waals surface area contributed by atoms with Crippen molar-refractivity contribution in [1.29, 1.82) is 0 Å². The van der Waals surface area contributed by atoms with Crippen LogP contribution in [0, 0.1) is 6.92 Å². The molecule has 0 aliphatic heterocycles. The van der Waals surface area contributed by atoms with Crippen LogP contribution in [0.1, 0.15) is 36.3 Å². The Morgan fingerprint density at radius 3 is 2.91 bits per heavy atom.